The number of hydrogen-bond donors (Lipinski definition) is 2. The summed E-state index contributed by atoms with van der Waals surface area (Å²) in [5.41, 5.74) is 7.25. The van der Waals surface area contributed by atoms with Crippen molar-refractivity contribution in [3.05, 3.63) is 178 Å². The summed E-state index contributed by atoms with van der Waals surface area (Å²) in [7, 11) is 0. The molecular weight excluding hydrogens is 679 g/mol. The van der Waals surface area contributed by atoms with Crippen LogP contribution >= 0.6 is 23.2 Å². The Morgan fingerprint density at radius 1 is 0.510 bits per heavy atom. The first-order valence-electron chi connectivity index (χ1n) is 16.6. The fourth-order valence-corrected chi connectivity index (χ4v) is 7.05. The minimum atomic E-state index is -0.769. The van der Waals surface area contributed by atoms with E-state index in [1.165, 1.54) is 0 Å². The first-order valence-corrected chi connectivity index (χ1v) is 17.4. The van der Waals surface area contributed by atoms with Crippen LogP contribution in [-0.4, -0.2) is 24.0 Å². The number of carbonyl (C=O) groups excluding carboxylic acids is 2. The van der Waals surface area contributed by atoms with Crippen LogP contribution in [0.15, 0.2) is 146 Å². The molecule has 0 aliphatic heterocycles. The molecule has 8 heteroatoms. The average molecular weight is 714 g/mol. The van der Waals surface area contributed by atoms with Gasteiger partial charge in [0.2, 0.25) is 0 Å². The molecule has 0 spiro atoms. The number of carbonyl (C=O) groups is 2. The Morgan fingerprint density at radius 2 is 0.863 bits per heavy atom. The number of hydrogen-bond acceptors (Lipinski definition) is 4. The Kier molecular flexibility index (Phi) is 9.54. The number of ether oxygens (including phenoxy) is 2. The zero-order valence-corrected chi connectivity index (χ0v) is 29.4. The number of nitrogens with one attached hydrogen (secondary N) is 2. The normalized spacial score (nSPS) is 13.6. The van der Waals surface area contributed by atoms with Gasteiger partial charge in [-0.25, -0.2) is 0 Å². The maximum absolute atomic E-state index is 13.1. The molecular formula is C43H34Cl2N2O4. The Bertz CT molecular complexity index is 2060. The number of para-hydroxylation sites is 2. The van der Waals surface area contributed by atoms with E-state index in [4.69, 9.17) is 32.7 Å². The molecule has 0 unspecified atom stereocenters. The molecule has 6 aromatic carbocycles. The van der Waals surface area contributed by atoms with E-state index in [2.05, 4.69) is 83.4 Å². The lowest BCUT2D eigenvalue weighted by molar-refractivity contribution is -0.122. The van der Waals surface area contributed by atoms with Crippen LogP contribution in [0.4, 0.5) is 11.4 Å². The minimum absolute atomic E-state index is 0.293. The zero-order valence-electron chi connectivity index (χ0n) is 27.9. The third-order valence-corrected chi connectivity index (χ3v) is 9.77. The average Bonchev–Trinajstić information content (AvgIpc) is 3.45. The van der Waals surface area contributed by atoms with Gasteiger partial charge in [0.15, 0.2) is 12.2 Å². The van der Waals surface area contributed by atoms with Gasteiger partial charge in [-0.3, -0.25) is 9.59 Å². The van der Waals surface area contributed by atoms with E-state index in [0.717, 1.165) is 33.4 Å². The highest BCUT2D eigenvalue weighted by Gasteiger charge is 2.45. The summed E-state index contributed by atoms with van der Waals surface area (Å²) in [5.74, 6) is 0.308. The van der Waals surface area contributed by atoms with E-state index >= 15 is 0 Å². The summed E-state index contributed by atoms with van der Waals surface area (Å²) < 4.78 is 11.7. The van der Waals surface area contributed by atoms with Crippen molar-refractivity contribution in [2.75, 3.05) is 10.6 Å². The van der Waals surface area contributed by atoms with E-state index in [1.54, 1.807) is 38.1 Å². The number of anilines is 2. The van der Waals surface area contributed by atoms with Crippen molar-refractivity contribution in [2.24, 2.45) is 0 Å². The van der Waals surface area contributed by atoms with Crippen LogP contribution in [-0.2, 0) is 15.0 Å². The largest absolute Gasteiger partial charge is 0.479 e. The second-order valence-electron chi connectivity index (χ2n) is 12.4. The van der Waals surface area contributed by atoms with E-state index in [9.17, 15) is 9.59 Å². The molecule has 254 valence electrons. The number of rotatable bonds is 10. The van der Waals surface area contributed by atoms with Gasteiger partial charge in [-0.1, -0.05) is 120 Å². The number of amides is 2. The molecule has 1 aliphatic carbocycles. The Hall–Kier alpha value is -5.56. The summed E-state index contributed by atoms with van der Waals surface area (Å²) in [5, 5.41) is 6.84. The van der Waals surface area contributed by atoms with Gasteiger partial charge in [-0.2, -0.15) is 0 Å². The van der Waals surface area contributed by atoms with Crippen molar-refractivity contribution < 1.29 is 19.1 Å². The van der Waals surface area contributed by atoms with E-state index < -0.39 is 17.6 Å². The van der Waals surface area contributed by atoms with Crippen LogP contribution in [0, 0.1) is 0 Å². The summed E-state index contributed by atoms with van der Waals surface area (Å²) >= 11 is 12.5. The fourth-order valence-electron chi connectivity index (χ4n) is 6.69. The lowest BCUT2D eigenvalue weighted by Gasteiger charge is -2.34. The van der Waals surface area contributed by atoms with Crippen LogP contribution in [0.5, 0.6) is 11.5 Å². The molecule has 2 N–H and O–H groups in total. The Morgan fingerprint density at radius 3 is 1.25 bits per heavy atom. The van der Waals surface area contributed by atoms with Crippen molar-refractivity contribution in [3.8, 4) is 22.6 Å². The molecule has 1 aliphatic rings. The van der Waals surface area contributed by atoms with Gasteiger partial charge in [0.1, 0.15) is 11.5 Å². The molecule has 0 saturated heterocycles. The van der Waals surface area contributed by atoms with Crippen LogP contribution in [0.2, 0.25) is 10.0 Å². The molecule has 0 fully saturated rings. The second-order valence-corrected chi connectivity index (χ2v) is 13.2. The highest BCUT2D eigenvalue weighted by atomic mass is 35.5. The molecule has 0 bridgehead atoms. The minimum Gasteiger partial charge on any atom is -0.479 e. The molecule has 0 saturated carbocycles. The molecule has 0 aromatic heterocycles. The van der Waals surface area contributed by atoms with Crippen molar-refractivity contribution in [1.29, 1.82) is 0 Å². The number of benzene rings is 6. The topological polar surface area (TPSA) is 76.7 Å². The lowest BCUT2D eigenvalue weighted by Crippen LogP contribution is -2.31. The molecule has 7 rings (SSSR count). The van der Waals surface area contributed by atoms with Gasteiger partial charge >= 0.3 is 0 Å². The van der Waals surface area contributed by atoms with Gasteiger partial charge in [0, 0.05) is 11.4 Å². The second kappa shape index (κ2) is 14.4. The van der Waals surface area contributed by atoms with Crippen LogP contribution < -0.4 is 20.1 Å². The predicted octanol–water partition coefficient (Wildman–Crippen LogP) is 10.2. The molecule has 6 aromatic rings. The van der Waals surface area contributed by atoms with Crippen molar-refractivity contribution in [1.82, 2.24) is 0 Å². The molecule has 2 amide bonds. The first kappa shape index (κ1) is 33.9. The Balaban J connectivity index is 1.19. The quantitative estimate of drug-likeness (QED) is 0.148. The summed E-state index contributed by atoms with van der Waals surface area (Å²) in [6, 6.07) is 46.9. The number of halogens is 2. The standard InChI is InChI=1S/C43H34Cl2N2O4/c1-27(50-39-17-9-7-15-37(39)44)41(48)46-31-23-19-29(20-24-31)43(35-13-5-3-11-33(35)34-12-4-6-14-36(34)43)30-21-25-32(26-22-30)47-42(49)28(2)51-40-18-10-8-16-38(40)45/h3-28H,1-2H3,(H,46,48)(H,47,49)/t27-,28-/m0/s1. The van der Waals surface area contributed by atoms with Crippen LogP contribution in [0.25, 0.3) is 11.1 Å². The SMILES string of the molecule is C[C@H](Oc1ccccc1Cl)C(=O)Nc1ccc(C2(c3ccc(NC(=O)[C@H](C)Oc4ccccc4Cl)cc3)c3ccccc3-c3ccccc32)cc1. The van der Waals surface area contributed by atoms with E-state index in [1.807, 2.05) is 48.5 Å². The highest BCUT2D eigenvalue weighted by Crippen LogP contribution is 2.56. The molecule has 0 radical (unpaired) electrons. The fraction of sp³-hybridized carbons (Fsp3) is 0.116. The van der Waals surface area contributed by atoms with Gasteiger partial charge in [0.05, 0.1) is 15.5 Å². The molecule has 51 heavy (non-hydrogen) atoms. The van der Waals surface area contributed by atoms with Crippen LogP contribution in [0.3, 0.4) is 0 Å². The third kappa shape index (κ3) is 6.56. The number of fused-ring (bicyclic) bond motifs is 3. The maximum atomic E-state index is 13.1. The lowest BCUT2D eigenvalue weighted by atomic mass is 9.67. The highest BCUT2D eigenvalue weighted by molar-refractivity contribution is 6.32. The zero-order chi connectivity index (χ0) is 35.5. The third-order valence-electron chi connectivity index (χ3n) is 9.14. The molecule has 6 nitrogen and oxygen atoms in total. The van der Waals surface area contributed by atoms with Crippen molar-refractivity contribution in [3.63, 3.8) is 0 Å². The predicted molar refractivity (Wildman–Crippen MR) is 204 cm³/mol. The molecule has 2 atom stereocenters. The van der Waals surface area contributed by atoms with Crippen molar-refractivity contribution in [2.45, 2.75) is 31.5 Å². The van der Waals surface area contributed by atoms with Crippen molar-refractivity contribution >= 4 is 46.4 Å². The summed E-state index contributed by atoms with van der Waals surface area (Å²) in [6.45, 7) is 3.38. The first-order chi connectivity index (χ1) is 24.8. The van der Waals surface area contributed by atoms with Gasteiger partial charge in [-0.15, -0.1) is 0 Å². The van der Waals surface area contributed by atoms with Gasteiger partial charge in [-0.05, 0) is 95.8 Å². The van der Waals surface area contributed by atoms with Gasteiger partial charge in [0.25, 0.3) is 11.8 Å². The Labute approximate surface area is 307 Å². The van der Waals surface area contributed by atoms with E-state index in [0.29, 0.717) is 32.9 Å². The maximum Gasteiger partial charge on any atom is 0.265 e. The van der Waals surface area contributed by atoms with Gasteiger partial charge < -0.3 is 20.1 Å². The smallest absolute Gasteiger partial charge is 0.265 e. The summed E-state index contributed by atoms with van der Waals surface area (Å²) in [4.78, 5) is 26.2. The molecule has 0 heterocycles. The van der Waals surface area contributed by atoms with E-state index in [-0.39, 0.29) is 11.8 Å². The van der Waals surface area contributed by atoms with Crippen LogP contribution in [0.1, 0.15) is 36.1 Å². The monoisotopic (exact) mass is 712 g/mol. The summed E-state index contributed by atoms with van der Waals surface area (Å²) in [6.07, 6.45) is -1.54.